The van der Waals surface area contributed by atoms with Gasteiger partial charge in [-0.05, 0) is 171 Å². The number of hydrogen-bond acceptors (Lipinski definition) is 1. The highest BCUT2D eigenvalue weighted by Crippen LogP contribution is 2.70. The molecule has 7 aliphatic carbocycles. The van der Waals surface area contributed by atoms with Crippen LogP contribution in [0.1, 0.15) is 120 Å². The van der Waals surface area contributed by atoms with Gasteiger partial charge in [-0.1, -0.05) is 139 Å². The van der Waals surface area contributed by atoms with Crippen LogP contribution in [0.4, 0.5) is 17.1 Å². The van der Waals surface area contributed by atoms with Crippen LogP contribution in [0.3, 0.4) is 0 Å². The standard InChI is InChI=1S/C57H57N/c1-54(2)25-26-55(3,4)52-32-37(19-24-49(52)54)42-13-9-12-18-53(42)58(40-20-22-45-43-14-7-10-16-47(43)56(5,6)50(45)33-40)41-21-23-46-44-15-8-11-17-48(44)57(51(46)34-41)38-28-35-27-36(30-38)31-39(57)29-35/h7-24,32-36,38-39H,25-31H2,1-6H3. The Morgan fingerprint density at radius 1 is 0.414 bits per heavy atom. The SMILES string of the molecule is CC1(C)CCC(C)(C)c2cc(-c3ccccc3N(c3ccc4c(c3)C(C)(C)c3ccccc3-4)c3ccc4c(c3)C3(c5ccccc5-4)C4CC5CC(C4)CC3C5)ccc21. The van der Waals surface area contributed by atoms with Crippen molar-refractivity contribution in [3.63, 3.8) is 0 Å². The van der Waals surface area contributed by atoms with Gasteiger partial charge in [0.25, 0.3) is 0 Å². The molecule has 0 radical (unpaired) electrons. The molecular weight excluding hydrogens is 699 g/mol. The quantitative estimate of drug-likeness (QED) is 0.173. The van der Waals surface area contributed by atoms with Crippen LogP contribution >= 0.6 is 0 Å². The van der Waals surface area contributed by atoms with Crippen LogP contribution in [-0.4, -0.2) is 0 Å². The first-order valence-electron chi connectivity index (χ1n) is 22.5. The summed E-state index contributed by atoms with van der Waals surface area (Å²) in [4.78, 5) is 2.64. The molecule has 7 aliphatic rings. The zero-order chi connectivity index (χ0) is 39.3. The first kappa shape index (κ1) is 35.1. The van der Waals surface area contributed by atoms with E-state index in [1.54, 1.807) is 11.1 Å². The van der Waals surface area contributed by atoms with Crippen LogP contribution in [0.25, 0.3) is 33.4 Å². The topological polar surface area (TPSA) is 3.24 Å². The maximum atomic E-state index is 2.68. The van der Waals surface area contributed by atoms with Crippen molar-refractivity contribution in [1.29, 1.82) is 0 Å². The Balaban J connectivity index is 1.09. The Hall–Kier alpha value is -4.88. The van der Waals surface area contributed by atoms with Crippen LogP contribution in [-0.2, 0) is 21.7 Å². The fourth-order valence-electron chi connectivity index (χ4n) is 14.2. The third-order valence-electron chi connectivity index (χ3n) is 16.9. The average Bonchev–Trinajstić information content (AvgIpc) is 3.64. The molecule has 0 amide bonds. The van der Waals surface area contributed by atoms with Gasteiger partial charge in [0.15, 0.2) is 0 Å². The van der Waals surface area contributed by atoms with E-state index in [0.717, 1.165) is 23.7 Å². The number of rotatable bonds is 4. The van der Waals surface area contributed by atoms with Gasteiger partial charge < -0.3 is 4.90 Å². The van der Waals surface area contributed by atoms with Gasteiger partial charge in [0.2, 0.25) is 0 Å². The van der Waals surface area contributed by atoms with E-state index >= 15 is 0 Å². The monoisotopic (exact) mass is 755 g/mol. The summed E-state index contributed by atoms with van der Waals surface area (Å²) in [5.74, 6) is 3.29. The molecule has 6 aromatic rings. The summed E-state index contributed by atoms with van der Waals surface area (Å²) < 4.78 is 0. The predicted octanol–water partition coefficient (Wildman–Crippen LogP) is 15.2. The first-order chi connectivity index (χ1) is 27.9. The second-order valence-electron chi connectivity index (χ2n) is 21.2. The number of fused-ring (bicyclic) bond motifs is 7. The molecule has 0 saturated heterocycles. The lowest BCUT2D eigenvalue weighted by Gasteiger charge is -2.61. The van der Waals surface area contributed by atoms with E-state index < -0.39 is 0 Å². The number of benzene rings is 6. The van der Waals surface area contributed by atoms with Crippen LogP contribution in [0.5, 0.6) is 0 Å². The fourth-order valence-corrected chi connectivity index (χ4v) is 14.2. The summed E-state index contributed by atoms with van der Waals surface area (Å²) >= 11 is 0. The van der Waals surface area contributed by atoms with Crippen LogP contribution in [0.15, 0.2) is 127 Å². The third-order valence-corrected chi connectivity index (χ3v) is 16.9. The highest BCUT2D eigenvalue weighted by atomic mass is 15.1. The second kappa shape index (κ2) is 11.9. The smallest absolute Gasteiger partial charge is 0.0540 e. The van der Waals surface area contributed by atoms with Crippen molar-refractivity contribution in [2.45, 2.75) is 108 Å². The molecule has 0 atom stereocenters. The number of nitrogens with zero attached hydrogens (tertiary/aromatic N) is 1. The van der Waals surface area contributed by atoms with E-state index in [2.05, 4.69) is 174 Å². The zero-order valence-corrected chi connectivity index (χ0v) is 35.3. The van der Waals surface area contributed by atoms with Crippen molar-refractivity contribution in [2.24, 2.45) is 23.7 Å². The van der Waals surface area contributed by atoms with Crippen molar-refractivity contribution in [2.75, 3.05) is 4.90 Å². The molecule has 6 aromatic carbocycles. The van der Waals surface area contributed by atoms with E-state index in [4.69, 9.17) is 0 Å². The summed E-state index contributed by atoms with van der Waals surface area (Å²) in [5.41, 5.74) is 21.5. The highest BCUT2D eigenvalue weighted by Gasteiger charge is 2.61. The second-order valence-corrected chi connectivity index (χ2v) is 21.2. The Bertz CT molecular complexity index is 2660. The first-order valence-corrected chi connectivity index (χ1v) is 22.5. The summed E-state index contributed by atoms with van der Waals surface area (Å²) in [6, 6.07) is 50.3. The summed E-state index contributed by atoms with van der Waals surface area (Å²) in [6.45, 7) is 14.6. The largest absolute Gasteiger partial charge is 0.310 e. The van der Waals surface area contributed by atoms with E-state index in [-0.39, 0.29) is 21.7 Å². The van der Waals surface area contributed by atoms with Gasteiger partial charge >= 0.3 is 0 Å². The lowest BCUT2D eigenvalue weighted by Crippen LogP contribution is -2.55. The number of hydrogen-bond donors (Lipinski definition) is 0. The van der Waals surface area contributed by atoms with E-state index in [9.17, 15) is 0 Å². The third kappa shape index (κ3) is 4.65. The molecule has 4 bridgehead atoms. The number of anilines is 3. The molecule has 0 unspecified atom stereocenters. The molecular formula is C57H57N. The highest BCUT2D eigenvalue weighted by molar-refractivity contribution is 5.93. The molecule has 13 rings (SSSR count). The maximum Gasteiger partial charge on any atom is 0.0540 e. The Kier molecular flexibility index (Phi) is 7.18. The van der Waals surface area contributed by atoms with Gasteiger partial charge in [-0.25, -0.2) is 0 Å². The Morgan fingerprint density at radius 2 is 0.931 bits per heavy atom. The van der Waals surface area contributed by atoms with Crippen molar-refractivity contribution in [3.8, 4) is 33.4 Å². The van der Waals surface area contributed by atoms with E-state index in [1.165, 1.54) is 118 Å². The lowest BCUT2D eigenvalue weighted by atomic mass is 9.43. The molecule has 1 heteroatoms. The van der Waals surface area contributed by atoms with Crippen LogP contribution in [0.2, 0.25) is 0 Å². The molecule has 0 N–H and O–H groups in total. The van der Waals surface area contributed by atoms with Gasteiger partial charge in [-0.15, -0.1) is 0 Å². The zero-order valence-electron chi connectivity index (χ0n) is 35.3. The lowest BCUT2D eigenvalue weighted by molar-refractivity contribution is -0.0399. The molecule has 0 aliphatic heterocycles. The van der Waals surface area contributed by atoms with Crippen molar-refractivity contribution >= 4 is 17.1 Å². The average molecular weight is 756 g/mol. The van der Waals surface area contributed by atoms with Gasteiger partial charge in [0, 0.05) is 27.8 Å². The predicted molar refractivity (Wildman–Crippen MR) is 243 cm³/mol. The molecule has 0 heterocycles. The van der Waals surface area contributed by atoms with Crippen molar-refractivity contribution in [1.82, 2.24) is 0 Å². The molecule has 0 aromatic heterocycles. The molecule has 4 saturated carbocycles. The molecule has 1 nitrogen and oxygen atoms in total. The normalized spacial score (nSPS) is 26.8. The van der Waals surface area contributed by atoms with Gasteiger partial charge in [-0.2, -0.15) is 0 Å². The summed E-state index contributed by atoms with van der Waals surface area (Å²) in [7, 11) is 0. The fraction of sp³-hybridized carbons (Fsp3) is 0.368. The van der Waals surface area contributed by atoms with Gasteiger partial charge in [0.1, 0.15) is 0 Å². The van der Waals surface area contributed by atoms with Crippen LogP contribution in [0, 0.1) is 23.7 Å². The molecule has 4 fully saturated rings. The minimum absolute atomic E-state index is 0.0893. The van der Waals surface area contributed by atoms with Gasteiger partial charge in [0.05, 0.1) is 5.69 Å². The van der Waals surface area contributed by atoms with E-state index in [0.29, 0.717) is 0 Å². The maximum absolute atomic E-state index is 2.68. The van der Waals surface area contributed by atoms with Crippen molar-refractivity contribution in [3.05, 3.63) is 161 Å². The molecule has 290 valence electrons. The summed E-state index contributed by atoms with van der Waals surface area (Å²) in [6.07, 6.45) is 9.47. The summed E-state index contributed by atoms with van der Waals surface area (Å²) in [5, 5.41) is 0. The minimum Gasteiger partial charge on any atom is -0.310 e. The molecule has 1 spiro atoms. The Morgan fingerprint density at radius 3 is 1.60 bits per heavy atom. The Labute approximate surface area is 346 Å². The number of para-hydroxylation sites is 1. The molecule has 58 heavy (non-hydrogen) atoms. The van der Waals surface area contributed by atoms with Gasteiger partial charge in [-0.3, -0.25) is 0 Å². The van der Waals surface area contributed by atoms with Crippen molar-refractivity contribution < 1.29 is 0 Å². The van der Waals surface area contributed by atoms with Crippen LogP contribution < -0.4 is 4.90 Å². The van der Waals surface area contributed by atoms with E-state index in [1.807, 2.05) is 0 Å². The minimum atomic E-state index is -0.0893.